The van der Waals surface area contributed by atoms with E-state index in [1.54, 1.807) is 0 Å². The zero-order valence-corrected chi connectivity index (χ0v) is 33.9. The van der Waals surface area contributed by atoms with Gasteiger partial charge in [0.15, 0.2) is 0 Å². The van der Waals surface area contributed by atoms with Crippen molar-refractivity contribution in [2.45, 2.75) is 0 Å². The van der Waals surface area contributed by atoms with E-state index < -0.39 is 0 Å². The molecule has 0 fully saturated rings. The highest BCUT2D eigenvalue weighted by Gasteiger charge is 2.19. The molecule has 0 unspecified atom stereocenters. The number of hydrogen-bond donors (Lipinski definition) is 0. The van der Waals surface area contributed by atoms with Gasteiger partial charge in [-0.1, -0.05) is 182 Å². The van der Waals surface area contributed by atoms with Gasteiger partial charge in [-0.25, -0.2) is 0 Å². The maximum Gasteiger partial charge on any atom is 0.143 e. The maximum absolute atomic E-state index is 6.98. The first kappa shape index (κ1) is 35.7. The molecule has 62 heavy (non-hydrogen) atoms. The van der Waals surface area contributed by atoms with Gasteiger partial charge in [-0.05, 0) is 110 Å². The molecule has 2 heteroatoms. The first-order valence-corrected chi connectivity index (χ1v) is 21.2. The van der Waals surface area contributed by atoms with E-state index in [9.17, 15) is 0 Å². The Labute approximate surface area is 360 Å². The number of nitrogens with zero attached hydrogens (tertiary/aromatic N) is 1. The van der Waals surface area contributed by atoms with Crippen molar-refractivity contribution in [2.75, 3.05) is 0 Å². The average molecular weight is 790 g/mol. The molecule has 0 atom stereocenters. The van der Waals surface area contributed by atoms with Crippen LogP contribution in [-0.2, 0) is 0 Å². The molecule has 0 aliphatic carbocycles. The highest BCUT2D eigenvalue weighted by molar-refractivity contribution is 6.14. The van der Waals surface area contributed by atoms with Gasteiger partial charge in [0.05, 0.1) is 11.0 Å². The van der Waals surface area contributed by atoms with Crippen molar-refractivity contribution in [1.82, 2.24) is 4.57 Å². The number of benzene rings is 10. The van der Waals surface area contributed by atoms with E-state index in [4.69, 9.17) is 4.42 Å². The number of aromatic nitrogens is 1. The molecule has 0 amide bonds. The number of fused-ring (bicyclic) bond motifs is 6. The molecular formula is C60H39NO. The predicted octanol–water partition coefficient (Wildman–Crippen LogP) is 16.7. The Morgan fingerprint density at radius 1 is 0.242 bits per heavy atom. The number of hydrogen-bond acceptors (Lipinski definition) is 1. The molecule has 0 radical (unpaired) electrons. The molecule has 0 saturated carbocycles. The summed E-state index contributed by atoms with van der Waals surface area (Å²) in [6.07, 6.45) is 0. The van der Waals surface area contributed by atoms with Gasteiger partial charge in [0.1, 0.15) is 11.2 Å². The Bertz CT molecular complexity index is 3610. The molecular weight excluding hydrogens is 751 g/mol. The van der Waals surface area contributed by atoms with E-state index in [0.717, 1.165) is 72.1 Å². The van der Waals surface area contributed by atoms with Crippen molar-refractivity contribution in [3.63, 3.8) is 0 Å². The lowest BCUT2D eigenvalue weighted by atomic mass is 9.91. The lowest BCUT2D eigenvalue weighted by Crippen LogP contribution is -1.94. The molecule has 0 spiro atoms. The van der Waals surface area contributed by atoms with Gasteiger partial charge in [0.2, 0.25) is 0 Å². The van der Waals surface area contributed by atoms with Gasteiger partial charge in [-0.3, -0.25) is 0 Å². The summed E-state index contributed by atoms with van der Waals surface area (Å²) in [6.45, 7) is 0. The van der Waals surface area contributed by atoms with Gasteiger partial charge < -0.3 is 8.98 Å². The van der Waals surface area contributed by atoms with Crippen molar-refractivity contribution >= 4 is 43.7 Å². The van der Waals surface area contributed by atoms with Gasteiger partial charge in [0.25, 0.3) is 0 Å². The Kier molecular flexibility index (Phi) is 8.53. The highest BCUT2D eigenvalue weighted by Crippen LogP contribution is 2.43. The van der Waals surface area contributed by atoms with E-state index in [0.29, 0.717) is 0 Å². The zero-order chi connectivity index (χ0) is 41.0. The fourth-order valence-electron chi connectivity index (χ4n) is 9.40. The number of rotatable bonds is 7. The zero-order valence-electron chi connectivity index (χ0n) is 33.9. The molecule has 12 aromatic rings. The van der Waals surface area contributed by atoms with Crippen LogP contribution in [0.3, 0.4) is 0 Å². The van der Waals surface area contributed by atoms with Gasteiger partial charge in [-0.15, -0.1) is 0 Å². The van der Waals surface area contributed by atoms with Crippen molar-refractivity contribution in [3.05, 3.63) is 237 Å². The summed E-state index contributed by atoms with van der Waals surface area (Å²) in [6, 6.07) is 85.3. The number of furan rings is 1. The first-order valence-electron chi connectivity index (χ1n) is 21.2. The molecule has 10 aromatic carbocycles. The second-order valence-corrected chi connectivity index (χ2v) is 16.1. The van der Waals surface area contributed by atoms with Crippen LogP contribution in [0.4, 0.5) is 0 Å². The molecule has 0 saturated heterocycles. The Morgan fingerprint density at radius 2 is 0.677 bits per heavy atom. The van der Waals surface area contributed by atoms with Crippen LogP contribution in [0.2, 0.25) is 0 Å². The summed E-state index contributed by atoms with van der Waals surface area (Å²) >= 11 is 0. The molecule has 0 aliphatic rings. The summed E-state index contributed by atoms with van der Waals surface area (Å²) in [4.78, 5) is 0. The van der Waals surface area contributed by atoms with Crippen LogP contribution in [0.25, 0.3) is 116 Å². The average Bonchev–Trinajstić information content (AvgIpc) is 3.91. The van der Waals surface area contributed by atoms with Crippen LogP contribution in [-0.4, -0.2) is 4.57 Å². The molecule has 0 bridgehead atoms. The Morgan fingerprint density at radius 3 is 1.34 bits per heavy atom. The van der Waals surface area contributed by atoms with Gasteiger partial charge in [0, 0.05) is 38.4 Å². The Balaban J connectivity index is 1.06. The SMILES string of the molecule is c1ccc(-c2cccc(-c3cc(-c4ccc5c(c4)c4ccccc4n5-c4cccc(-c5ccccc5)c4)cc(-c4cccc5c4oc4c(-c6ccccc6)cccc45)c3)c2)cc1. The smallest absolute Gasteiger partial charge is 0.143 e. The Hall–Kier alpha value is -8.20. The third kappa shape index (κ3) is 6.12. The minimum atomic E-state index is 0.892. The molecule has 0 N–H and O–H groups in total. The minimum absolute atomic E-state index is 0.892. The molecule has 12 rings (SSSR count). The molecule has 290 valence electrons. The van der Waals surface area contributed by atoms with Gasteiger partial charge in [-0.2, -0.15) is 0 Å². The summed E-state index contributed by atoms with van der Waals surface area (Å²) < 4.78 is 9.38. The summed E-state index contributed by atoms with van der Waals surface area (Å²) in [7, 11) is 0. The van der Waals surface area contributed by atoms with E-state index in [-0.39, 0.29) is 0 Å². The summed E-state index contributed by atoms with van der Waals surface area (Å²) in [5, 5.41) is 4.67. The van der Waals surface area contributed by atoms with Crippen molar-refractivity contribution < 1.29 is 4.42 Å². The van der Waals surface area contributed by atoms with Gasteiger partial charge >= 0.3 is 0 Å². The van der Waals surface area contributed by atoms with E-state index in [1.165, 1.54) is 44.1 Å². The normalized spacial score (nSPS) is 11.5. The quantitative estimate of drug-likeness (QED) is 0.157. The third-order valence-corrected chi connectivity index (χ3v) is 12.4. The predicted molar refractivity (Wildman–Crippen MR) is 261 cm³/mol. The van der Waals surface area contributed by atoms with Crippen LogP contribution in [0.5, 0.6) is 0 Å². The van der Waals surface area contributed by atoms with Crippen LogP contribution in [0, 0.1) is 0 Å². The first-order chi connectivity index (χ1) is 30.7. The lowest BCUT2D eigenvalue weighted by molar-refractivity contribution is 0.671. The molecule has 0 aliphatic heterocycles. The monoisotopic (exact) mass is 789 g/mol. The summed E-state index contributed by atoms with van der Waals surface area (Å²) in [5.41, 5.74) is 19.1. The highest BCUT2D eigenvalue weighted by atomic mass is 16.3. The minimum Gasteiger partial charge on any atom is -0.455 e. The standard InChI is InChI=1S/C60H39NO/c1-4-16-40(17-5-1)43-22-12-23-44(34-43)47-35-48(37-49(36-47)52-28-15-30-55-54-29-14-27-51(59(54)62-60(52)55)42-20-8-3-9-21-42)46-32-33-58-56(39-46)53-26-10-11-31-57(53)61(58)50-25-13-24-45(38-50)41-18-6-2-7-19-41/h1-39H. The molecule has 2 heterocycles. The van der Waals surface area contributed by atoms with Crippen molar-refractivity contribution in [1.29, 1.82) is 0 Å². The van der Waals surface area contributed by atoms with E-state index in [1.807, 2.05) is 0 Å². The maximum atomic E-state index is 6.98. The third-order valence-electron chi connectivity index (χ3n) is 12.4. The van der Waals surface area contributed by atoms with Crippen molar-refractivity contribution in [3.8, 4) is 72.4 Å². The number of para-hydroxylation sites is 3. The van der Waals surface area contributed by atoms with Crippen LogP contribution < -0.4 is 0 Å². The summed E-state index contributed by atoms with van der Waals surface area (Å²) in [5.74, 6) is 0. The largest absolute Gasteiger partial charge is 0.455 e. The lowest BCUT2D eigenvalue weighted by Gasteiger charge is -2.13. The fourth-order valence-corrected chi connectivity index (χ4v) is 9.40. The van der Waals surface area contributed by atoms with Crippen LogP contribution in [0.15, 0.2) is 241 Å². The van der Waals surface area contributed by atoms with E-state index >= 15 is 0 Å². The topological polar surface area (TPSA) is 18.1 Å². The molecule has 2 nitrogen and oxygen atoms in total. The van der Waals surface area contributed by atoms with Crippen molar-refractivity contribution in [2.24, 2.45) is 0 Å². The molecule has 2 aromatic heterocycles. The van der Waals surface area contributed by atoms with E-state index in [2.05, 4.69) is 241 Å². The van der Waals surface area contributed by atoms with Crippen LogP contribution in [0.1, 0.15) is 0 Å². The van der Waals surface area contributed by atoms with Crippen LogP contribution >= 0.6 is 0 Å². The second-order valence-electron chi connectivity index (χ2n) is 16.1. The fraction of sp³-hybridized carbons (Fsp3) is 0. The second kappa shape index (κ2) is 14.8.